The van der Waals surface area contributed by atoms with Crippen LogP contribution in [-0.2, 0) is 22.7 Å². The predicted octanol–water partition coefficient (Wildman–Crippen LogP) is 9.32. The summed E-state index contributed by atoms with van der Waals surface area (Å²) in [7, 11) is 0. The van der Waals surface area contributed by atoms with E-state index in [2.05, 4.69) is 83.5 Å². The van der Waals surface area contributed by atoms with Gasteiger partial charge in [-0.05, 0) is 138 Å². The van der Waals surface area contributed by atoms with Crippen LogP contribution in [0.2, 0.25) is 0 Å². The van der Waals surface area contributed by atoms with E-state index in [1.54, 1.807) is 24.3 Å². The summed E-state index contributed by atoms with van der Waals surface area (Å²) >= 11 is 2.35. The first-order valence-corrected chi connectivity index (χ1v) is 18.3. The maximum atomic E-state index is 13.5. The number of nitrogens with one attached hydrogen (secondary N) is 2. The van der Waals surface area contributed by atoms with Gasteiger partial charge < -0.3 is 20.1 Å². The van der Waals surface area contributed by atoms with Crippen LogP contribution in [0.25, 0.3) is 0 Å². The molecule has 4 aromatic carbocycles. The highest BCUT2D eigenvalue weighted by Crippen LogP contribution is 2.32. The van der Waals surface area contributed by atoms with Crippen molar-refractivity contribution in [3.63, 3.8) is 0 Å². The van der Waals surface area contributed by atoms with Crippen LogP contribution >= 0.6 is 22.6 Å². The summed E-state index contributed by atoms with van der Waals surface area (Å²) in [4.78, 5) is 0. The minimum atomic E-state index is -0.175. The van der Waals surface area contributed by atoms with Gasteiger partial charge in [-0.3, -0.25) is 0 Å². The first-order valence-electron chi connectivity index (χ1n) is 17.2. The van der Waals surface area contributed by atoms with Crippen molar-refractivity contribution >= 4 is 22.6 Å². The molecule has 2 fully saturated rings. The second kappa shape index (κ2) is 17.8. The van der Waals surface area contributed by atoms with Gasteiger partial charge in [0, 0.05) is 28.5 Å². The van der Waals surface area contributed by atoms with Crippen LogP contribution in [-0.4, -0.2) is 38.4 Å². The minimum Gasteiger partial charge on any atom is -0.373 e. The summed E-state index contributed by atoms with van der Waals surface area (Å²) in [5, 5.41) is 6.90. The zero-order valence-electron chi connectivity index (χ0n) is 28.6. The molecule has 0 radical (unpaired) electrons. The van der Waals surface area contributed by atoms with Crippen molar-refractivity contribution in [1.29, 1.82) is 0 Å². The third-order valence-corrected chi connectivity index (χ3v) is 10.7. The van der Waals surface area contributed by atoms with Crippen LogP contribution in [0.3, 0.4) is 0 Å². The van der Waals surface area contributed by atoms with Gasteiger partial charge in [0.15, 0.2) is 0 Å². The molecule has 7 heteroatoms. The third-order valence-electron chi connectivity index (χ3n) is 9.64. The smallest absolute Gasteiger partial charge is 0.123 e. The second-order valence-electron chi connectivity index (χ2n) is 13.3. The van der Waals surface area contributed by atoms with Crippen LogP contribution < -0.4 is 10.6 Å². The summed E-state index contributed by atoms with van der Waals surface area (Å²) in [6.45, 7) is 13.3. The van der Waals surface area contributed by atoms with E-state index in [0.717, 1.165) is 50.1 Å². The first kappa shape index (κ1) is 36.6. The van der Waals surface area contributed by atoms with Crippen molar-refractivity contribution in [2.45, 2.75) is 83.7 Å². The summed E-state index contributed by atoms with van der Waals surface area (Å²) in [5.74, 6) is 0.675. The molecule has 0 saturated carbocycles. The quantitative estimate of drug-likeness (QED) is 0.167. The molecule has 48 heavy (non-hydrogen) atoms. The predicted molar refractivity (Wildman–Crippen MR) is 200 cm³/mol. The molecule has 0 aliphatic carbocycles. The van der Waals surface area contributed by atoms with Crippen molar-refractivity contribution in [3.8, 4) is 0 Å². The Hall–Kier alpha value is -2.69. The molecule has 4 atom stereocenters. The van der Waals surface area contributed by atoms with Crippen molar-refractivity contribution in [2.75, 3.05) is 26.2 Å². The van der Waals surface area contributed by atoms with Gasteiger partial charge in [-0.1, -0.05) is 68.4 Å². The highest BCUT2D eigenvalue weighted by atomic mass is 127. The molecule has 2 aliphatic heterocycles. The topological polar surface area (TPSA) is 42.5 Å². The molecule has 256 valence electrons. The average Bonchev–Trinajstić information content (AvgIpc) is 3.08. The average molecular weight is 767 g/mol. The molecule has 2 N–H and O–H groups in total. The van der Waals surface area contributed by atoms with Gasteiger partial charge in [0.2, 0.25) is 0 Å². The van der Waals surface area contributed by atoms with E-state index in [1.807, 2.05) is 38.1 Å². The van der Waals surface area contributed by atoms with Gasteiger partial charge >= 0.3 is 0 Å². The van der Waals surface area contributed by atoms with Crippen molar-refractivity contribution in [3.05, 3.63) is 139 Å². The Morgan fingerprint density at radius 1 is 0.688 bits per heavy atom. The van der Waals surface area contributed by atoms with Gasteiger partial charge in [0.05, 0.1) is 25.4 Å². The monoisotopic (exact) mass is 766 g/mol. The Balaban J connectivity index is 0.000000188. The largest absolute Gasteiger partial charge is 0.373 e. The van der Waals surface area contributed by atoms with Gasteiger partial charge in [-0.15, -0.1) is 0 Å². The highest BCUT2D eigenvalue weighted by molar-refractivity contribution is 14.1. The van der Waals surface area contributed by atoms with E-state index in [9.17, 15) is 8.78 Å². The second-order valence-corrected chi connectivity index (χ2v) is 14.5. The Labute approximate surface area is 299 Å². The maximum Gasteiger partial charge on any atom is 0.123 e. The number of hydrogen-bond donors (Lipinski definition) is 2. The Kier molecular flexibility index (Phi) is 13.6. The normalized spacial score (nSPS) is 21.1. The number of rotatable bonds is 9. The molecule has 0 aromatic heterocycles. The summed E-state index contributed by atoms with van der Waals surface area (Å²) in [6.07, 6.45) is 2.28. The lowest BCUT2D eigenvalue weighted by atomic mass is 9.86. The van der Waals surface area contributed by atoms with E-state index in [0.29, 0.717) is 19.1 Å². The molecular formula is C41H49F2IN2O2. The standard InChI is InChI=1S/C22H28FNO.C19H21FINO/c1-15(2)19-7-5-4-6-17(19)14-25-22-10-11-24-13-21(22)20-9-8-18(23)12-16(20)3;1-13-10-15(20)6-7-16(13)17-11-22-9-8-19(17)23-12-14-4-2-3-5-18(14)21/h4-9,12,15,21-22,24H,10-11,13-14H2,1-3H3;2-7,10,17,19,22H,8-9,11-12H2,1H3. The molecule has 2 heterocycles. The van der Waals surface area contributed by atoms with Gasteiger partial charge in [-0.2, -0.15) is 0 Å². The Bertz CT molecular complexity index is 1630. The van der Waals surface area contributed by atoms with Crippen molar-refractivity contribution in [2.24, 2.45) is 0 Å². The van der Waals surface area contributed by atoms with E-state index < -0.39 is 0 Å². The zero-order chi connectivity index (χ0) is 34.0. The lowest BCUT2D eigenvalue weighted by Crippen LogP contribution is -2.40. The van der Waals surface area contributed by atoms with Crippen LogP contribution in [0.5, 0.6) is 0 Å². The third kappa shape index (κ3) is 9.72. The number of hydrogen-bond acceptors (Lipinski definition) is 4. The molecule has 6 rings (SSSR count). The number of benzene rings is 4. The van der Waals surface area contributed by atoms with Gasteiger partial charge in [0.25, 0.3) is 0 Å². The zero-order valence-corrected chi connectivity index (χ0v) is 30.7. The number of ether oxygens (including phenoxy) is 2. The molecule has 4 aromatic rings. The van der Waals surface area contributed by atoms with E-state index >= 15 is 0 Å². The molecule has 2 aliphatic rings. The number of halogens is 3. The van der Waals surface area contributed by atoms with Crippen molar-refractivity contribution in [1.82, 2.24) is 10.6 Å². The van der Waals surface area contributed by atoms with Crippen LogP contribution in [0.15, 0.2) is 84.9 Å². The fourth-order valence-corrected chi connectivity index (χ4v) is 7.58. The van der Waals surface area contributed by atoms with Crippen LogP contribution in [0.1, 0.15) is 83.4 Å². The molecule has 4 nitrogen and oxygen atoms in total. The van der Waals surface area contributed by atoms with E-state index in [4.69, 9.17) is 9.47 Å². The molecule has 0 amide bonds. The summed E-state index contributed by atoms with van der Waals surface area (Å²) in [5.41, 5.74) is 8.23. The molecule has 0 bridgehead atoms. The Morgan fingerprint density at radius 2 is 1.17 bits per heavy atom. The SMILES string of the molecule is Cc1cc(F)ccc1C1CNCCC1OCc1ccccc1C(C)C.Cc1cc(F)ccc1C1CNCCC1OCc1ccccc1I. The lowest BCUT2D eigenvalue weighted by molar-refractivity contribution is 0.00635. The Morgan fingerprint density at radius 3 is 1.67 bits per heavy atom. The fourth-order valence-electron chi connectivity index (χ4n) is 7.04. The van der Waals surface area contributed by atoms with E-state index in [1.165, 1.54) is 31.4 Å². The summed E-state index contributed by atoms with van der Waals surface area (Å²) in [6, 6.07) is 27.0. The lowest BCUT2D eigenvalue weighted by Gasteiger charge is -2.33. The van der Waals surface area contributed by atoms with Gasteiger partial charge in [-0.25, -0.2) is 8.78 Å². The molecule has 0 spiro atoms. The molecular weight excluding hydrogens is 717 g/mol. The molecule has 4 unspecified atom stereocenters. The van der Waals surface area contributed by atoms with E-state index in [-0.39, 0.29) is 35.7 Å². The fraction of sp³-hybridized carbons (Fsp3) is 0.415. The maximum absolute atomic E-state index is 13.5. The van der Waals surface area contributed by atoms with Gasteiger partial charge in [0.1, 0.15) is 11.6 Å². The minimum absolute atomic E-state index is 0.158. The molecule has 2 saturated heterocycles. The van der Waals surface area contributed by atoms with Crippen molar-refractivity contribution < 1.29 is 18.3 Å². The van der Waals surface area contributed by atoms with Crippen LogP contribution in [0.4, 0.5) is 8.78 Å². The highest BCUT2D eigenvalue weighted by Gasteiger charge is 2.30. The first-order chi connectivity index (χ1) is 23.2. The summed E-state index contributed by atoms with van der Waals surface area (Å²) < 4.78 is 40.7. The van der Waals surface area contributed by atoms with Crippen LogP contribution in [0, 0.1) is 29.1 Å². The number of piperidine rings is 2. The number of aryl methyl sites for hydroxylation is 2.